The van der Waals surface area contributed by atoms with Crippen LogP contribution in [0.4, 0.5) is 0 Å². The van der Waals surface area contributed by atoms with Crippen LogP contribution in [-0.4, -0.2) is 31.3 Å². The number of fused-ring (bicyclic) bond motifs is 1. The molecule has 1 fully saturated rings. The highest BCUT2D eigenvalue weighted by molar-refractivity contribution is 7.99. The molecule has 0 radical (unpaired) electrons. The van der Waals surface area contributed by atoms with Gasteiger partial charge in [0.1, 0.15) is 0 Å². The molecule has 1 aromatic rings. The molecule has 1 aromatic carbocycles. The van der Waals surface area contributed by atoms with E-state index in [-0.39, 0.29) is 24.2 Å². The number of benzene rings is 1. The number of carbonyl (C=O) groups excluding carboxylic acids is 1. The fraction of sp³-hybridized carbons (Fsp3) is 0.462. The highest BCUT2D eigenvalue weighted by Gasteiger charge is 2.29. The molecule has 1 amide bonds. The predicted molar refractivity (Wildman–Crippen MR) is 76.5 cm³/mol. The number of hydrogen-bond donors (Lipinski definition) is 2. The molecule has 18 heavy (non-hydrogen) atoms. The highest BCUT2D eigenvalue weighted by atomic mass is 35.5. The summed E-state index contributed by atoms with van der Waals surface area (Å²) in [5.74, 6) is 1.75. The quantitative estimate of drug-likeness (QED) is 0.887. The molecule has 5 heteroatoms. The van der Waals surface area contributed by atoms with Gasteiger partial charge in [0.25, 0.3) is 0 Å². The van der Waals surface area contributed by atoms with Gasteiger partial charge in [-0.2, -0.15) is 0 Å². The molecule has 0 aromatic heterocycles. The fourth-order valence-corrected chi connectivity index (χ4v) is 3.47. The van der Waals surface area contributed by atoms with Crippen molar-refractivity contribution in [2.75, 3.05) is 25.4 Å². The summed E-state index contributed by atoms with van der Waals surface area (Å²) in [7, 11) is 0. The van der Waals surface area contributed by atoms with E-state index in [2.05, 4.69) is 22.8 Å². The van der Waals surface area contributed by atoms with Crippen LogP contribution in [0.25, 0.3) is 0 Å². The summed E-state index contributed by atoms with van der Waals surface area (Å²) in [6.07, 6.45) is 0. The van der Waals surface area contributed by atoms with Crippen LogP contribution in [0.2, 0.25) is 0 Å². The Hall–Kier alpha value is -0.710. The van der Waals surface area contributed by atoms with Crippen molar-refractivity contribution < 1.29 is 4.79 Å². The molecule has 1 unspecified atom stereocenters. The molecule has 1 atom stereocenters. The monoisotopic (exact) mass is 284 g/mol. The smallest absolute Gasteiger partial charge is 0.228 e. The van der Waals surface area contributed by atoms with Gasteiger partial charge in [0.05, 0.1) is 5.92 Å². The Morgan fingerprint density at radius 3 is 2.89 bits per heavy atom. The summed E-state index contributed by atoms with van der Waals surface area (Å²) < 4.78 is 0. The maximum atomic E-state index is 12.1. The Morgan fingerprint density at radius 2 is 2.17 bits per heavy atom. The van der Waals surface area contributed by atoms with E-state index in [0.29, 0.717) is 5.92 Å². The standard InChI is InChI=1S/C13H16N2OS.ClH/c16-13(15-7-9-5-14-6-9)11-8-17-12-4-2-1-3-10(11)12;/h1-4,9,11,14H,5-8H2,(H,15,16);1H. The van der Waals surface area contributed by atoms with Crippen molar-refractivity contribution in [1.29, 1.82) is 0 Å². The van der Waals surface area contributed by atoms with E-state index in [4.69, 9.17) is 0 Å². The van der Waals surface area contributed by atoms with E-state index >= 15 is 0 Å². The summed E-state index contributed by atoms with van der Waals surface area (Å²) in [5, 5.41) is 6.29. The molecule has 0 spiro atoms. The molecular weight excluding hydrogens is 268 g/mol. The molecule has 98 valence electrons. The van der Waals surface area contributed by atoms with Gasteiger partial charge in [-0.3, -0.25) is 4.79 Å². The Balaban J connectivity index is 0.00000120. The summed E-state index contributed by atoms with van der Waals surface area (Å²) >= 11 is 1.79. The number of hydrogen-bond acceptors (Lipinski definition) is 3. The van der Waals surface area contributed by atoms with Crippen LogP contribution in [0.1, 0.15) is 11.5 Å². The van der Waals surface area contributed by atoms with Crippen LogP contribution in [0, 0.1) is 5.92 Å². The third-order valence-electron chi connectivity index (χ3n) is 3.45. The second-order valence-corrected chi connectivity index (χ2v) is 5.73. The zero-order valence-corrected chi connectivity index (χ0v) is 11.7. The normalized spacial score (nSPS) is 21.7. The number of thioether (sulfide) groups is 1. The molecule has 2 heterocycles. The van der Waals surface area contributed by atoms with Gasteiger partial charge in [-0.05, 0) is 11.6 Å². The molecule has 0 saturated carbocycles. The van der Waals surface area contributed by atoms with Crippen LogP contribution >= 0.6 is 24.2 Å². The molecule has 2 aliphatic rings. The maximum Gasteiger partial charge on any atom is 0.228 e. The first-order valence-electron chi connectivity index (χ1n) is 6.05. The molecule has 0 aliphatic carbocycles. The van der Waals surface area contributed by atoms with Crippen LogP contribution in [0.5, 0.6) is 0 Å². The second kappa shape index (κ2) is 5.95. The van der Waals surface area contributed by atoms with Crippen molar-refractivity contribution in [2.24, 2.45) is 5.92 Å². The molecular formula is C13H17ClN2OS. The summed E-state index contributed by atoms with van der Waals surface area (Å²) in [6.45, 7) is 2.89. The Kier molecular flexibility index (Phi) is 4.54. The Morgan fingerprint density at radius 1 is 1.39 bits per heavy atom. The zero-order chi connectivity index (χ0) is 11.7. The fourth-order valence-electron chi connectivity index (χ4n) is 2.24. The van der Waals surface area contributed by atoms with E-state index in [0.717, 1.165) is 25.4 Å². The minimum Gasteiger partial charge on any atom is -0.355 e. The van der Waals surface area contributed by atoms with Gasteiger partial charge in [0.15, 0.2) is 0 Å². The number of amides is 1. The van der Waals surface area contributed by atoms with Crippen molar-refractivity contribution >= 4 is 30.1 Å². The lowest BCUT2D eigenvalue weighted by molar-refractivity contribution is -0.122. The van der Waals surface area contributed by atoms with Crippen molar-refractivity contribution in [3.05, 3.63) is 29.8 Å². The van der Waals surface area contributed by atoms with Gasteiger partial charge in [-0.25, -0.2) is 0 Å². The van der Waals surface area contributed by atoms with Crippen molar-refractivity contribution in [1.82, 2.24) is 10.6 Å². The minimum absolute atomic E-state index is 0. The van der Waals surface area contributed by atoms with E-state index in [1.807, 2.05) is 12.1 Å². The van der Waals surface area contributed by atoms with E-state index < -0.39 is 0 Å². The van der Waals surface area contributed by atoms with Gasteiger partial charge in [-0.15, -0.1) is 24.2 Å². The number of carbonyl (C=O) groups is 1. The van der Waals surface area contributed by atoms with Gasteiger partial charge in [0, 0.05) is 36.2 Å². The molecule has 3 rings (SSSR count). The second-order valence-electron chi connectivity index (χ2n) is 4.67. The lowest BCUT2D eigenvalue weighted by Crippen LogP contribution is -2.48. The molecule has 3 nitrogen and oxygen atoms in total. The molecule has 1 saturated heterocycles. The summed E-state index contributed by atoms with van der Waals surface area (Å²) in [4.78, 5) is 13.4. The van der Waals surface area contributed by atoms with Gasteiger partial charge < -0.3 is 10.6 Å². The SMILES string of the molecule is Cl.O=C(NCC1CNC1)C1CSc2ccccc21. The molecule has 0 bridgehead atoms. The summed E-state index contributed by atoms with van der Waals surface area (Å²) in [6, 6.07) is 8.22. The van der Waals surface area contributed by atoms with Crippen molar-refractivity contribution in [3.63, 3.8) is 0 Å². The van der Waals surface area contributed by atoms with E-state index in [1.165, 1.54) is 10.5 Å². The first-order chi connectivity index (χ1) is 8.34. The predicted octanol–water partition coefficient (Wildman–Crippen LogP) is 1.63. The Labute approximate surface area is 118 Å². The lowest BCUT2D eigenvalue weighted by atomic mass is 9.99. The number of nitrogens with one attached hydrogen (secondary N) is 2. The van der Waals surface area contributed by atoms with Gasteiger partial charge in [0.2, 0.25) is 5.91 Å². The first-order valence-corrected chi connectivity index (χ1v) is 7.03. The van der Waals surface area contributed by atoms with Crippen molar-refractivity contribution in [2.45, 2.75) is 10.8 Å². The minimum atomic E-state index is 0. The maximum absolute atomic E-state index is 12.1. The Bertz CT molecular complexity index is 437. The van der Waals surface area contributed by atoms with E-state index in [9.17, 15) is 4.79 Å². The van der Waals surface area contributed by atoms with Crippen LogP contribution in [0.15, 0.2) is 29.2 Å². The lowest BCUT2D eigenvalue weighted by Gasteiger charge is -2.27. The third-order valence-corrected chi connectivity index (χ3v) is 4.63. The zero-order valence-electron chi connectivity index (χ0n) is 10.0. The highest BCUT2D eigenvalue weighted by Crippen LogP contribution is 2.39. The molecule has 2 aliphatic heterocycles. The van der Waals surface area contributed by atoms with E-state index in [1.54, 1.807) is 11.8 Å². The average molecular weight is 285 g/mol. The average Bonchev–Trinajstić information content (AvgIpc) is 2.70. The van der Waals surface area contributed by atoms with Gasteiger partial charge in [-0.1, -0.05) is 18.2 Å². The topological polar surface area (TPSA) is 41.1 Å². The van der Waals surface area contributed by atoms with Gasteiger partial charge >= 0.3 is 0 Å². The van der Waals surface area contributed by atoms with Crippen molar-refractivity contribution in [3.8, 4) is 0 Å². The van der Waals surface area contributed by atoms with Crippen LogP contribution in [-0.2, 0) is 4.79 Å². The molecule has 2 N–H and O–H groups in total. The van der Waals surface area contributed by atoms with Crippen LogP contribution < -0.4 is 10.6 Å². The first kappa shape index (κ1) is 13.7. The number of rotatable bonds is 3. The number of halogens is 1. The third kappa shape index (κ3) is 2.66. The summed E-state index contributed by atoms with van der Waals surface area (Å²) in [5.41, 5.74) is 1.20. The largest absolute Gasteiger partial charge is 0.355 e. The van der Waals surface area contributed by atoms with Crippen LogP contribution in [0.3, 0.4) is 0 Å².